The van der Waals surface area contributed by atoms with Crippen molar-refractivity contribution in [3.8, 4) is 0 Å². The van der Waals surface area contributed by atoms with E-state index in [0.29, 0.717) is 6.54 Å². The summed E-state index contributed by atoms with van der Waals surface area (Å²) in [5, 5.41) is 3.34. The highest BCUT2D eigenvalue weighted by molar-refractivity contribution is 9.10. The van der Waals surface area contributed by atoms with Gasteiger partial charge in [-0.25, -0.2) is 0 Å². The Morgan fingerprint density at radius 3 is 2.68 bits per heavy atom. The topological polar surface area (TPSA) is 45.2 Å². The Balaban J connectivity index is 1.63. The number of benzene rings is 2. The van der Waals surface area contributed by atoms with Crippen molar-refractivity contribution in [1.82, 2.24) is 4.98 Å². The number of rotatable bonds is 3. The lowest BCUT2D eigenvalue weighted by Gasteiger charge is -2.17. The van der Waals surface area contributed by atoms with Crippen molar-refractivity contribution in [2.45, 2.75) is 13.5 Å². The molecule has 2 heterocycles. The lowest BCUT2D eigenvalue weighted by molar-refractivity contribution is 0.0996. The minimum absolute atomic E-state index is 0.0478. The smallest absolute Gasteiger partial charge is 0.258 e. The molecule has 0 spiro atoms. The van der Waals surface area contributed by atoms with Gasteiger partial charge in [0.05, 0.1) is 6.54 Å². The van der Waals surface area contributed by atoms with Gasteiger partial charge in [0.1, 0.15) is 0 Å². The highest BCUT2D eigenvalue weighted by Gasteiger charge is 2.29. The molecule has 124 valence electrons. The molecule has 0 atom stereocenters. The fourth-order valence-electron chi connectivity index (χ4n) is 3.00. The highest BCUT2D eigenvalue weighted by Crippen LogP contribution is 2.33. The van der Waals surface area contributed by atoms with E-state index in [1.807, 2.05) is 60.4 Å². The van der Waals surface area contributed by atoms with E-state index >= 15 is 0 Å². The first kappa shape index (κ1) is 15.8. The average Bonchev–Trinajstić information content (AvgIpc) is 2.93. The number of hydrogen-bond donors (Lipinski definition) is 1. The molecule has 0 saturated heterocycles. The second-order valence-electron chi connectivity index (χ2n) is 6.06. The van der Waals surface area contributed by atoms with Crippen LogP contribution in [0.15, 0.2) is 65.4 Å². The normalized spacial score (nSPS) is 13.0. The summed E-state index contributed by atoms with van der Waals surface area (Å²) in [6.07, 6.45) is 3.49. The molecular formula is C20H16BrN3O. The number of anilines is 3. The van der Waals surface area contributed by atoms with Crippen LogP contribution in [-0.2, 0) is 6.54 Å². The van der Waals surface area contributed by atoms with E-state index in [-0.39, 0.29) is 5.91 Å². The molecule has 0 saturated carbocycles. The second-order valence-corrected chi connectivity index (χ2v) is 6.92. The summed E-state index contributed by atoms with van der Waals surface area (Å²) in [6, 6.07) is 15.7. The summed E-state index contributed by atoms with van der Waals surface area (Å²) in [6.45, 7) is 2.59. The number of aryl methyl sites for hydroxylation is 1. The van der Waals surface area contributed by atoms with E-state index in [1.165, 1.54) is 0 Å². The summed E-state index contributed by atoms with van der Waals surface area (Å²) < 4.78 is 1.04. The van der Waals surface area contributed by atoms with E-state index in [0.717, 1.165) is 38.2 Å². The van der Waals surface area contributed by atoms with Gasteiger partial charge in [-0.1, -0.05) is 22.0 Å². The third-order valence-electron chi connectivity index (χ3n) is 4.32. The molecule has 1 aromatic heterocycles. The molecular weight excluding hydrogens is 378 g/mol. The Labute approximate surface area is 154 Å². The van der Waals surface area contributed by atoms with Crippen molar-refractivity contribution >= 4 is 38.9 Å². The van der Waals surface area contributed by atoms with Crippen molar-refractivity contribution in [3.63, 3.8) is 0 Å². The van der Waals surface area contributed by atoms with Crippen molar-refractivity contribution in [2.24, 2.45) is 0 Å². The maximum atomic E-state index is 12.8. The summed E-state index contributed by atoms with van der Waals surface area (Å²) in [4.78, 5) is 18.6. The number of amides is 1. The van der Waals surface area contributed by atoms with Gasteiger partial charge >= 0.3 is 0 Å². The first-order valence-electron chi connectivity index (χ1n) is 8.00. The average molecular weight is 394 g/mol. The van der Waals surface area contributed by atoms with Gasteiger partial charge in [0.25, 0.3) is 5.91 Å². The van der Waals surface area contributed by atoms with Gasteiger partial charge in [0.15, 0.2) is 0 Å². The van der Waals surface area contributed by atoms with Crippen LogP contribution in [0.25, 0.3) is 0 Å². The van der Waals surface area contributed by atoms with Crippen molar-refractivity contribution in [3.05, 3.63) is 82.1 Å². The number of aromatic nitrogens is 1. The number of hydrogen-bond acceptors (Lipinski definition) is 3. The largest absolute Gasteiger partial charge is 0.355 e. The molecule has 5 heteroatoms. The fourth-order valence-corrected chi connectivity index (χ4v) is 3.39. The zero-order valence-electron chi connectivity index (χ0n) is 13.7. The van der Waals surface area contributed by atoms with Crippen LogP contribution in [0.2, 0.25) is 0 Å². The molecule has 4 nitrogen and oxygen atoms in total. The van der Waals surface area contributed by atoms with Crippen LogP contribution in [-0.4, -0.2) is 10.9 Å². The van der Waals surface area contributed by atoms with E-state index in [2.05, 4.69) is 26.2 Å². The highest BCUT2D eigenvalue weighted by atomic mass is 79.9. The molecule has 3 aromatic rings. The van der Waals surface area contributed by atoms with Gasteiger partial charge < -0.3 is 10.2 Å². The predicted octanol–water partition coefficient (Wildman–Crippen LogP) is 5.06. The molecule has 1 aliphatic rings. The zero-order chi connectivity index (χ0) is 17.4. The number of fused-ring (bicyclic) bond motifs is 1. The van der Waals surface area contributed by atoms with Gasteiger partial charge in [-0.05, 0) is 60.5 Å². The molecule has 0 fully saturated rings. The Bertz CT molecular complexity index is 956. The number of nitrogens with zero attached hydrogens (tertiary/aromatic N) is 2. The van der Waals surface area contributed by atoms with Gasteiger partial charge in [0.2, 0.25) is 0 Å². The number of nitrogens with one attached hydrogen (secondary N) is 1. The molecule has 2 aromatic carbocycles. The number of halogens is 1. The standard InChI is InChI=1S/C20H16BrN3O/c1-13-9-18-14(10-19(13)21)12-24(20(18)25)17-4-2-3-16(11-17)23-15-5-7-22-8-6-15/h2-11H,12H2,1H3,(H,22,23). The first-order valence-corrected chi connectivity index (χ1v) is 8.79. The minimum atomic E-state index is 0.0478. The van der Waals surface area contributed by atoms with E-state index < -0.39 is 0 Å². The van der Waals surface area contributed by atoms with E-state index in [9.17, 15) is 4.79 Å². The van der Waals surface area contributed by atoms with Crippen LogP contribution in [0.5, 0.6) is 0 Å². The van der Waals surface area contributed by atoms with Crippen LogP contribution in [0.4, 0.5) is 17.1 Å². The SMILES string of the molecule is Cc1cc2c(cc1Br)CN(c1cccc(Nc3ccncc3)c1)C2=O. The lowest BCUT2D eigenvalue weighted by atomic mass is 10.1. The summed E-state index contributed by atoms with van der Waals surface area (Å²) in [5.74, 6) is 0.0478. The molecule has 25 heavy (non-hydrogen) atoms. The molecule has 0 unspecified atom stereocenters. The Hall–Kier alpha value is -2.66. The summed E-state index contributed by atoms with van der Waals surface area (Å²) in [5.41, 5.74) is 5.69. The van der Waals surface area contributed by atoms with Crippen LogP contribution < -0.4 is 10.2 Å². The Kier molecular flexibility index (Phi) is 4.01. The maximum Gasteiger partial charge on any atom is 0.258 e. The number of pyridine rings is 1. The van der Waals surface area contributed by atoms with Gasteiger partial charge in [-0.2, -0.15) is 0 Å². The lowest BCUT2D eigenvalue weighted by Crippen LogP contribution is -2.22. The van der Waals surface area contributed by atoms with E-state index in [4.69, 9.17) is 0 Å². The molecule has 0 aliphatic carbocycles. The van der Waals surface area contributed by atoms with Gasteiger partial charge in [-0.15, -0.1) is 0 Å². The monoisotopic (exact) mass is 393 g/mol. The molecule has 1 aliphatic heterocycles. The number of carbonyl (C=O) groups is 1. The minimum Gasteiger partial charge on any atom is -0.355 e. The third-order valence-corrected chi connectivity index (χ3v) is 5.17. The Morgan fingerprint density at radius 1 is 1.08 bits per heavy atom. The van der Waals surface area contributed by atoms with Crippen LogP contribution >= 0.6 is 15.9 Å². The summed E-state index contributed by atoms with van der Waals surface area (Å²) in [7, 11) is 0. The molecule has 4 rings (SSSR count). The summed E-state index contributed by atoms with van der Waals surface area (Å²) >= 11 is 3.55. The van der Waals surface area contributed by atoms with Crippen LogP contribution in [0.3, 0.4) is 0 Å². The van der Waals surface area contributed by atoms with Crippen molar-refractivity contribution in [2.75, 3.05) is 10.2 Å². The quantitative estimate of drug-likeness (QED) is 0.676. The van der Waals surface area contributed by atoms with Crippen molar-refractivity contribution < 1.29 is 4.79 Å². The Morgan fingerprint density at radius 2 is 1.88 bits per heavy atom. The zero-order valence-corrected chi connectivity index (χ0v) is 15.2. The van der Waals surface area contributed by atoms with E-state index in [1.54, 1.807) is 12.4 Å². The maximum absolute atomic E-state index is 12.8. The van der Waals surface area contributed by atoms with Gasteiger partial charge in [0, 0.05) is 39.5 Å². The fraction of sp³-hybridized carbons (Fsp3) is 0.100. The van der Waals surface area contributed by atoms with Crippen LogP contribution in [0.1, 0.15) is 21.5 Å². The molecule has 0 bridgehead atoms. The molecule has 1 amide bonds. The molecule has 0 radical (unpaired) electrons. The second kappa shape index (κ2) is 6.33. The predicted molar refractivity (Wildman–Crippen MR) is 103 cm³/mol. The van der Waals surface area contributed by atoms with Crippen LogP contribution in [0, 0.1) is 6.92 Å². The van der Waals surface area contributed by atoms with Crippen molar-refractivity contribution in [1.29, 1.82) is 0 Å². The molecule has 1 N–H and O–H groups in total. The van der Waals surface area contributed by atoms with Gasteiger partial charge in [-0.3, -0.25) is 9.78 Å². The third kappa shape index (κ3) is 3.03. The number of carbonyl (C=O) groups excluding carboxylic acids is 1. The first-order chi connectivity index (χ1) is 12.1.